The maximum atomic E-state index is 12.8. The highest BCUT2D eigenvalue weighted by Crippen LogP contribution is 2.15. The van der Waals surface area contributed by atoms with Crippen molar-refractivity contribution in [1.82, 2.24) is 0 Å². The van der Waals surface area contributed by atoms with Gasteiger partial charge in [0.2, 0.25) is 0 Å². The Labute approximate surface area is 120 Å². The standard InChI is InChI=1S/C16H11FN2O2/c17-13-4-6-14(7-5-13)19-16(21)12(10-18)8-11-2-1-3-15(20)9-11/h1-9,20H,(H,19,21)/b12-8-. The summed E-state index contributed by atoms with van der Waals surface area (Å²) in [5.74, 6) is -0.976. The van der Waals surface area contributed by atoms with E-state index in [1.54, 1.807) is 18.2 Å². The van der Waals surface area contributed by atoms with Crippen molar-refractivity contribution in [2.75, 3.05) is 5.32 Å². The maximum Gasteiger partial charge on any atom is 0.266 e. The van der Waals surface area contributed by atoms with Crippen molar-refractivity contribution in [3.63, 3.8) is 0 Å². The summed E-state index contributed by atoms with van der Waals surface area (Å²) in [6, 6.07) is 13.2. The van der Waals surface area contributed by atoms with E-state index in [2.05, 4.69) is 5.32 Å². The minimum absolute atomic E-state index is 0.0417. The minimum atomic E-state index is -0.604. The molecule has 0 spiro atoms. The summed E-state index contributed by atoms with van der Waals surface area (Å²) in [7, 11) is 0. The van der Waals surface area contributed by atoms with Crippen molar-refractivity contribution < 1.29 is 14.3 Å². The molecule has 2 aromatic carbocycles. The van der Waals surface area contributed by atoms with Gasteiger partial charge in [0.1, 0.15) is 23.2 Å². The van der Waals surface area contributed by atoms with Gasteiger partial charge in [-0.2, -0.15) is 5.26 Å². The number of hydrogen-bond donors (Lipinski definition) is 2. The Bertz CT molecular complexity index is 731. The van der Waals surface area contributed by atoms with Gasteiger partial charge in [-0.25, -0.2) is 4.39 Å². The van der Waals surface area contributed by atoms with Crippen LogP contribution >= 0.6 is 0 Å². The third-order valence-corrected chi connectivity index (χ3v) is 2.65. The lowest BCUT2D eigenvalue weighted by Gasteiger charge is -2.04. The number of carbonyl (C=O) groups is 1. The monoisotopic (exact) mass is 282 g/mol. The largest absolute Gasteiger partial charge is 0.508 e. The zero-order valence-electron chi connectivity index (χ0n) is 10.9. The van der Waals surface area contributed by atoms with Crippen molar-refractivity contribution in [2.24, 2.45) is 0 Å². The number of nitrogens with one attached hydrogen (secondary N) is 1. The van der Waals surface area contributed by atoms with Crippen LogP contribution in [-0.2, 0) is 4.79 Å². The topological polar surface area (TPSA) is 73.1 Å². The molecule has 2 N–H and O–H groups in total. The minimum Gasteiger partial charge on any atom is -0.508 e. The number of rotatable bonds is 3. The van der Waals surface area contributed by atoms with Crippen LogP contribution in [0, 0.1) is 17.1 Å². The lowest BCUT2D eigenvalue weighted by molar-refractivity contribution is -0.112. The van der Waals surface area contributed by atoms with Crippen LogP contribution in [0.2, 0.25) is 0 Å². The maximum absolute atomic E-state index is 12.8. The number of phenols is 1. The lowest BCUT2D eigenvalue weighted by atomic mass is 10.1. The normalized spacial score (nSPS) is 10.8. The number of anilines is 1. The van der Waals surface area contributed by atoms with E-state index < -0.39 is 11.7 Å². The number of nitrogens with zero attached hydrogens (tertiary/aromatic N) is 1. The van der Waals surface area contributed by atoms with Crippen LogP contribution in [-0.4, -0.2) is 11.0 Å². The van der Waals surface area contributed by atoms with Crippen LogP contribution in [0.4, 0.5) is 10.1 Å². The lowest BCUT2D eigenvalue weighted by Crippen LogP contribution is -2.13. The first-order chi connectivity index (χ1) is 10.1. The Morgan fingerprint density at radius 1 is 1.24 bits per heavy atom. The van der Waals surface area contributed by atoms with Gasteiger partial charge < -0.3 is 10.4 Å². The SMILES string of the molecule is N#C/C(=C/c1cccc(O)c1)C(=O)Nc1ccc(F)cc1. The zero-order chi connectivity index (χ0) is 15.2. The third kappa shape index (κ3) is 3.91. The smallest absolute Gasteiger partial charge is 0.266 e. The number of hydrogen-bond acceptors (Lipinski definition) is 3. The molecule has 5 heteroatoms. The second kappa shape index (κ2) is 6.35. The Hall–Kier alpha value is -3.13. The van der Waals surface area contributed by atoms with Gasteiger partial charge in [-0.3, -0.25) is 4.79 Å². The predicted octanol–water partition coefficient (Wildman–Crippen LogP) is 3.08. The van der Waals surface area contributed by atoms with Crippen LogP contribution in [0.1, 0.15) is 5.56 Å². The molecule has 0 unspecified atom stereocenters. The number of amides is 1. The summed E-state index contributed by atoms with van der Waals surface area (Å²) in [4.78, 5) is 12.0. The summed E-state index contributed by atoms with van der Waals surface area (Å²) in [6.07, 6.45) is 1.36. The van der Waals surface area contributed by atoms with Gasteiger partial charge in [0, 0.05) is 5.69 Å². The van der Waals surface area contributed by atoms with Gasteiger partial charge >= 0.3 is 0 Å². The first-order valence-corrected chi connectivity index (χ1v) is 6.06. The molecule has 0 radical (unpaired) electrons. The fraction of sp³-hybridized carbons (Fsp3) is 0. The Balaban J connectivity index is 2.19. The molecule has 0 aliphatic heterocycles. The molecule has 0 atom stereocenters. The molecule has 0 bridgehead atoms. The van der Waals surface area contributed by atoms with E-state index in [1.165, 1.54) is 42.5 Å². The molecule has 1 amide bonds. The van der Waals surface area contributed by atoms with Crippen LogP contribution in [0.15, 0.2) is 54.1 Å². The summed E-state index contributed by atoms with van der Waals surface area (Å²) >= 11 is 0. The van der Waals surface area contributed by atoms with E-state index in [0.29, 0.717) is 11.3 Å². The van der Waals surface area contributed by atoms with Gasteiger partial charge in [-0.05, 0) is 48.0 Å². The van der Waals surface area contributed by atoms with E-state index in [1.807, 2.05) is 0 Å². The van der Waals surface area contributed by atoms with Crippen LogP contribution < -0.4 is 5.32 Å². The molecule has 21 heavy (non-hydrogen) atoms. The third-order valence-electron chi connectivity index (χ3n) is 2.65. The molecule has 0 aliphatic carbocycles. The highest BCUT2D eigenvalue weighted by Gasteiger charge is 2.09. The molecule has 0 saturated heterocycles. The first kappa shape index (κ1) is 14.3. The predicted molar refractivity (Wildman–Crippen MR) is 76.7 cm³/mol. The van der Waals surface area contributed by atoms with Crippen molar-refractivity contribution in [3.8, 4) is 11.8 Å². The Morgan fingerprint density at radius 3 is 2.57 bits per heavy atom. The highest BCUT2D eigenvalue weighted by atomic mass is 19.1. The zero-order valence-corrected chi connectivity index (χ0v) is 10.9. The molecule has 2 aromatic rings. The van der Waals surface area contributed by atoms with Gasteiger partial charge in [0.15, 0.2) is 0 Å². The number of halogens is 1. The van der Waals surface area contributed by atoms with Gasteiger partial charge in [-0.1, -0.05) is 12.1 Å². The molecule has 2 rings (SSSR count). The summed E-state index contributed by atoms with van der Waals surface area (Å²) in [5.41, 5.74) is 0.796. The quantitative estimate of drug-likeness (QED) is 0.671. The summed E-state index contributed by atoms with van der Waals surface area (Å²) in [5, 5.41) is 20.9. The van der Waals surface area contributed by atoms with E-state index >= 15 is 0 Å². The molecule has 0 heterocycles. The number of benzene rings is 2. The molecule has 0 fully saturated rings. The molecule has 104 valence electrons. The molecule has 0 aliphatic rings. The van der Waals surface area contributed by atoms with Gasteiger partial charge in [0.05, 0.1) is 0 Å². The molecule has 0 aromatic heterocycles. The Morgan fingerprint density at radius 2 is 1.95 bits per heavy atom. The molecular formula is C16H11FN2O2. The molecular weight excluding hydrogens is 271 g/mol. The number of phenolic OH excluding ortho intramolecular Hbond substituents is 1. The van der Waals surface area contributed by atoms with Gasteiger partial charge in [0.25, 0.3) is 5.91 Å². The second-order valence-corrected chi connectivity index (χ2v) is 4.23. The Kier molecular flexibility index (Phi) is 4.32. The van der Waals surface area contributed by atoms with Crippen LogP contribution in [0.5, 0.6) is 5.75 Å². The number of aromatic hydroxyl groups is 1. The molecule has 4 nitrogen and oxygen atoms in total. The van der Waals surface area contributed by atoms with E-state index in [4.69, 9.17) is 5.26 Å². The number of nitriles is 1. The van der Waals surface area contributed by atoms with Crippen molar-refractivity contribution >= 4 is 17.7 Å². The fourth-order valence-corrected chi connectivity index (χ4v) is 1.66. The van der Waals surface area contributed by atoms with Crippen molar-refractivity contribution in [1.29, 1.82) is 5.26 Å². The van der Waals surface area contributed by atoms with Crippen molar-refractivity contribution in [3.05, 3.63) is 65.5 Å². The second-order valence-electron chi connectivity index (χ2n) is 4.23. The van der Waals surface area contributed by atoms with E-state index in [9.17, 15) is 14.3 Å². The van der Waals surface area contributed by atoms with Crippen molar-refractivity contribution in [2.45, 2.75) is 0 Å². The van der Waals surface area contributed by atoms with E-state index in [0.717, 1.165) is 0 Å². The molecule has 0 saturated carbocycles. The summed E-state index contributed by atoms with van der Waals surface area (Å²) < 4.78 is 12.8. The van der Waals surface area contributed by atoms with Crippen LogP contribution in [0.3, 0.4) is 0 Å². The fourth-order valence-electron chi connectivity index (χ4n) is 1.66. The van der Waals surface area contributed by atoms with Gasteiger partial charge in [-0.15, -0.1) is 0 Å². The van der Waals surface area contributed by atoms with Crippen LogP contribution in [0.25, 0.3) is 6.08 Å². The highest BCUT2D eigenvalue weighted by molar-refractivity contribution is 6.09. The number of carbonyl (C=O) groups excluding carboxylic acids is 1. The summed E-state index contributed by atoms with van der Waals surface area (Å²) in [6.45, 7) is 0. The first-order valence-electron chi connectivity index (χ1n) is 6.06. The van der Waals surface area contributed by atoms with E-state index in [-0.39, 0.29) is 11.3 Å². The average molecular weight is 282 g/mol. The average Bonchev–Trinajstić information content (AvgIpc) is 2.47.